The Morgan fingerprint density at radius 1 is 0.600 bits per heavy atom. The summed E-state index contributed by atoms with van der Waals surface area (Å²) < 4.78 is 5.61. The maximum atomic E-state index is 9.30. The van der Waals surface area contributed by atoms with Crippen LogP contribution in [0.3, 0.4) is 0 Å². The van der Waals surface area contributed by atoms with Gasteiger partial charge >= 0.3 is 0 Å². The third-order valence-electron chi connectivity index (χ3n) is 6.44. The molecule has 184 valence electrons. The molecular formula is C25H54O5. The van der Waals surface area contributed by atoms with E-state index in [0.717, 1.165) is 24.2 Å². The van der Waals surface area contributed by atoms with Gasteiger partial charge in [0.25, 0.3) is 0 Å². The van der Waals surface area contributed by atoms with E-state index in [1.807, 2.05) is 0 Å². The average molecular weight is 435 g/mol. The van der Waals surface area contributed by atoms with E-state index < -0.39 is 5.41 Å². The second-order valence-electron chi connectivity index (χ2n) is 10.3. The van der Waals surface area contributed by atoms with E-state index in [4.69, 9.17) is 4.74 Å². The Balaban J connectivity index is 0. The molecule has 0 saturated carbocycles. The summed E-state index contributed by atoms with van der Waals surface area (Å²) in [7, 11) is 0. The lowest BCUT2D eigenvalue weighted by Gasteiger charge is -2.27. The zero-order valence-electron chi connectivity index (χ0n) is 20.7. The first-order valence-electron chi connectivity index (χ1n) is 12.2. The zero-order valence-corrected chi connectivity index (χ0v) is 20.7. The minimum Gasteiger partial charge on any atom is -0.412 e. The monoisotopic (exact) mass is 434 g/mol. The first-order chi connectivity index (χ1) is 13.8. The zero-order chi connectivity index (χ0) is 22.1. The summed E-state index contributed by atoms with van der Waals surface area (Å²) in [6.45, 7) is 11.8. The maximum absolute atomic E-state index is 9.30. The van der Waals surface area contributed by atoms with Crippen molar-refractivity contribution >= 4 is 0 Å². The molecule has 0 aliphatic rings. The van der Waals surface area contributed by atoms with Gasteiger partial charge in [-0.1, -0.05) is 92.4 Å². The first-order valence-corrected chi connectivity index (χ1v) is 12.2. The molecule has 0 rings (SSSR count). The molecule has 0 fully saturated rings. The van der Waals surface area contributed by atoms with Gasteiger partial charge in [-0.05, 0) is 30.1 Å². The first kappa shape index (κ1) is 32.0. The molecular weight excluding hydrogens is 380 g/mol. The molecule has 5 nitrogen and oxygen atoms in total. The van der Waals surface area contributed by atoms with Crippen LogP contribution in [0.25, 0.3) is 0 Å². The number of ether oxygens (including phenoxy) is 1. The van der Waals surface area contributed by atoms with Crippen LogP contribution in [0.1, 0.15) is 98.8 Å². The number of rotatable bonds is 20. The van der Waals surface area contributed by atoms with Gasteiger partial charge in [0.2, 0.25) is 0 Å². The van der Waals surface area contributed by atoms with Gasteiger partial charge in [0.1, 0.15) is 0 Å². The van der Waals surface area contributed by atoms with Crippen LogP contribution in [0.2, 0.25) is 0 Å². The Bertz CT molecular complexity index is 349. The van der Waals surface area contributed by atoms with Gasteiger partial charge in [-0.3, -0.25) is 0 Å². The Morgan fingerprint density at radius 3 is 1.33 bits per heavy atom. The van der Waals surface area contributed by atoms with Crippen molar-refractivity contribution in [1.29, 1.82) is 0 Å². The summed E-state index contributed by atoms with van der Waals surface area (Å²) in [5, 5.41) is 27.9. The van der Waals surface area contributed by atoms with Crippen LogP contribution in [0.4, 0.5) is 0 Å². The minimum atomic E-state index is -0.912. The molecule has 3 atom stereocenters. The van der Waals surface area contributed by atoms with Crippen molar-refractivity contribution < 1.29 is 25.5 Å². The summed E-state index contributed by atoms with van der Waals surface area (Å²) in [6, 6.07) is 0. The van der Waals surface area contributed by atoms with Gasteiger partial charge in [0.05, 0.1) is 31.8 Å². The van der Waals surface area contributed by atoms with Gasteiger partial charge in [-0.15, -0.1) is 0 Å². The van der Waals surface area contributed by atoms with Gasteiger partial charge in [0.15, 0.2) is 0 Å². The van der Waals surface area contributed by atoms with Crippen molar-refractivity contribution in [2.24, 2.45) is 29.1 Å². The second-order valence-corrected chi connectivity index (χ2v) is 10.3. The number of hydrogen-bond acceptors (Lipinski definition) is 4. The highest BCUT2D eigenvalue weighted by Gasteiger charge is 2.28. The van der Waals surface area contributed by atoms with Crippen LogP contribution >= 0.6 is 0 Å². The fourth-order valence-electron chi connectivity index (χ4n) is 3.80. The predicted molar refractivity (Wildman–Crippen MR) is 127 cm³/mol. The van der Waals surface area contributed by atoms with E-state index in [-0.39, 0.29) is 31.9 Å². The highest BCUT2D eigenvalue weighted by molar-refractivity contribution is 4.76. The molecule has 0 saturated heterocycles. The fourth-order valence-corrected chi connectivity index (χ4v) is 3.80. The SMILES string of the molecule is CC(C)CCCC(C)CCCC(C)CCCC(C)CCOCC(CO)(CO)CO.O. The number of aliphatic hydroxyl groups is 3. The van der Waals surface area contributed by atoms with Crippen molar-refractivity contribution in [3.8, 4) is 0 Å². The van der Waals surface area contributed by atoms with Crippen molar-refractivity contribution in [3.63, 3.8) is 0 Å². The van der Waals surface area contributed by atoms with E-state index in [0.29, 0.717) is 12.5 Å². The Morgan fingerprint density at radius 2 is 0.967 bits per heavy atom. The smallest absolute Gasteiger partial charge is 0.0629 e. The third-order valence-corrected chi connectivity index (χ3v) is 6.44. The van der Waals surface area contributed by atoms with Gasteiger partial charge in [-0.25, -0.2) is 0 Å². The van der Waals surface area contributed by atoms with Gasteiger partial charge < -0.3 is 25.5 Å². The average Bonchev–Trinajstić information content (AvgIpc) is 2.68. The highest BCUT2D eigenvalue weighted by Crippen LogP contribution is 2.23. The predicted octanol–water partition coefficient (Wildman–Crippen LogP) is 4.61. The lowest BCUT2D eigenvalue weighted by atomic mass is 9.91. The number of aliphatic hydroxyl groups excluding tert-OH is 3. The molecule has 0 radical (unpaired) electrons. The summed E-state index contributed by atoms with van der Waals surface area (Å²) >= 11 is 0. The maximum Gasteiger partial charge on any atom is 0.0629 e. The molecule has 0 bridgehead atoms. The summed E-state index contributed by atoms with van der Waals surface area (Å²) in [5.41, 5.74) is -0.912. The molecule has 3 unspecified atom stereocenters. The largest absolute Gasteiger partial charge is 0.412 e. The quantitative estimate of drug-likeness (QED) is 0.244. The Labute approximate surface area is 186 Å². The van der Waals surface area contributed by atoms with Crippen LogP contribution < -0.4 is 0 Å². The summed E-state index contributed by atoms with van der Waals surface area (Å²) in [6.07, 6.45) is 13.1. The van der Waals surface area contributed by atoms with E-state index in [1.54, 1.807) is 0 Å². The second kappa shape index (κ2) is 19.5. The molecule has 5 heteroatoms. The van der Waals surface area contributed by atoms with Gasteiger partial charge in [-0.2, -0.15) is 0 Å². The molecule has 0 aromatic carbocycles. The van der Waals surface area contributed by atoms with Crippen molar-refractivity contribution in [1.82, 2.24) is 0 Å². The van der Waals surface area contributed by atoms with Crippen molar-refractivity contribution in [3.05, 3.63) is 0 Å². The molecule has 0 spiro atoms. The van der Waals surface area contributed by atoms with Crippen LogP contribution in [0.15, 0.2) is 0 Å². The molecule has 0 aromatic heterocycles. The van der Waals surface area contributed by atoms with E-state index in [2.05, 4.69) is 34.6 Å². The molecule has 0 aliphatic carbocycles. The molecule has 0 aliphatic heterocycles. The standard InChI is InChI=1S/C25H52O4.H2O/c1-21(2)9-6-10-22(3)11-7-12-23(4)13-8-14-24(5)15-16-29-20-25(17-26,18-27)19-28;/h21-24,26-28H,6-20H2,1-5H3;1H2. The van der Waals surface area contributed by atoms with Crippen molar-refractivity contribution in [2.75, 3.05) is 33.0 Å². The Kier molecular flexibility index (Phi) is 20.8. The van der Waals surface area contributed by atoms with E-state index in [1.165, 1.54) is 57.8 Å². The van der Waals surface area contributed by atoms with Crippen LogP contribution in [0.5, 0.6) is 0 Å². The normalized spacial score (nSPS) is 15.1. The van der Waals surface area contributed by atoms with Crippen LogP contribution in [0, 0.1) is 29.1 Å². The minimum absolute atomic E-state index is 0. The fraction of sp³-hybridized carbons (Fsp3) is 1.00. The van der Waals surface area contributed by atoms with Crippen molar-refractivity contribution in [2.45, 2.75) is 98.8 Å². The number of hydrogen-bond donors (Lipinski definition) is 3. The third kappa shape index (κ3) is 16.5. The molecule has 5 N–H and O–H groups in total. The lowest BCUT2D eigenvalue weighted by molar-refractivity contribution is -0.0593. The van der Waals surface area contributed by atoms with E-state index in [9.17, 15) is 15.3 Å². The van der Waals surface area contributed by atoms with Crippen LogP contribution in [-0.4, -0.2) is 53.8 Å². The van der Waals surface area contributed by atoms with Gasteiger partial charge in [0, 0.05) is 6.61 Å². The molecule has 0 heterocycles. The Hall–Kier alpha value is -0.200. The van der Waals surface area contributed by atoms with Crippen LogP contribution in [-0.2, 0) is 4.74 Å². The molecule has 30 heavy (non-hydrogen) atoms. The lowest BCUT2D eigenvalue weighted by Crippen LogP contribution is -2.38. The topological polar surface area (TPSA) is 101 Å². The highest BCUT2D eigenvalue weighted by atomic mass is 16.5. The summed E-state index contributed by atoms with van der Waals surface area (Å²) in [5.74, 6) is 3.16. The van der Waals surface area contributed by atoms with E-state index >= 15 is 0 Å². The summed E-state index contributed by atoms with van der Waals surface area (Å²) in [4.78, 5) is 0. The molecule has 0 amide bonds. The molecule has 0 aromatic rings.